The highest BCUT2D eigenvalue weighted by Crippen LogP contribution is 2.26. The Morgan fingerprint density at radius 3 is 2.80 bits per heavy atom. The Bertz CT molecular complexity index is 476. The van der Waals surface area contributed by atoms with Crippen LogP contribution in [0.25, 0.3) is 11.4 Å². The van der Waals surface area contributed by atoms with Gasteiger partial charge in [0.15, 0.2) is 0 Å². The van der Waals surface area contributed by atoms with E-state index < -0.39 is 0 Å². The molecule has 3 nitrogen and oxygen atoms in total. The second kappa shape index (κ2) is 4.04. The van der Waals surface area contributed by atoms with Crippen LogP contribution in [0.2, 0.25) is 5.02 Å². The highest BCUT2D eigenvalue weighted by atomic mass is 35.5. The predicted molar refractivity (Wildman–Crippen MR) is 61.5 cm³/mol. The van der Waals surface area contributed by atoms with Crippen molar-refractivity contribution >= 4 is 11.6 Å². The number of nitrogens with zero attached hydrogens (tertiary/aromatic N) is 2. The maximum absolute atomic E-state index is 6.16. The fraction of sp³-hybridized carbons (Fsp3) is 0.182. The molecule has 0 aliphatic rings. The number of rotatable bonds is 2. The van der Waals surface area contributed by atoms with Crippen molar-refractivity contribution in [2.24, 2.45) is 12.8 Å². The maximum Gasteiger partial charge on any atom is 0.141 e. The molecular weight excluding hydrogens is 210 g/mol. The van der Waals surface area contributed by atoms with Crippen LogP contribution in [0.5, 0.6) is 0 Å². The molecule has 0 amide bonds. The van der Waals surface area contributed by atoms with Gasteiger partial charge in [0, 0.05) is 31.5 Å². The van der Waals surface area contributed by atoms with Gasteiger partial charge in [-0.1, -0.05) is 17.7 Å². The van der Waals surface area contributed by atoms with E-state index in [1.807, 2.05) is 36.0 Å². The first-order valence-electron chi connectivity index (χ1n) is 4.68. The molecule has 0 saturated heterocycles. The summed E-state index contributed by atoms with van der Waals surface area (Å²) < 4.78 is 1.93. The Kier molecular flexibility index (Phi) is 2.75. The number of aryl methyl sites for hydroxylation is 1. The van der Waals surface area contributed by atoms with E-state index in [-0.39, 0.29) is 0 Å². The van der Waals surface area contributed by atoms with Crippen LogP contribution in [-0.4, -0.2) is 9.55 Å². The van der Waals surface area contributed by atoms with Gasteiger partial charge in [0.2, 0.25) is 0 Å². The van der Waals surface area contributed by atoms with E-state index in [2.05, 4.69) is 4.98 Å². The third kappa shape index (κ3) is 1.89. The fourth-order valence-electron chi connectivity index (χ4n) is 1.49. The third-order valence-electron chi connectivity index (χ3n) is 2.33. The highest BCUT2D eigenvalue weighted by molar-refractivity contribution is 6.33. The zero-order chi connectivity index (χ0) is 10.8. The first-order chi connectivity index (χ1) is 7.22. The average Bonchev–Trinajstić information content (AvgIpc) is 2.64. The second-order valence-corrected chi connectivity index (χ2v) is 3.79. The number of nitrogens with two attached hydrogens (primary N) is 1. The molecule has 0 fully saturated rings. The summed E-state index contributed by atoms with van der Waals surface area (Å²) >= 11 is 6.16. The van der Waals surface area contributed by atoms with Crippen LogP contribution < -0.4 is 5.73 Å². The van der Waals surface area contributed by atoms with Crippen LogP contribution in [0.15, 0.2) is 30.6 Å². The zero-order valence-corrected chi connectivity index (χ0v) is 9.20. The second-order valence-electron chi connectivity index (χ2n) is 3.38. The Labute approximate surface area is 93.5 Å². The van der Waals surface area contributed by atoms with E-state index in [1.54, 1.807) is 6.20 Å². The summed E-state index contributed by atoms with van der Waals surface area (Å²) in [5.74, 6) is 0.864. The standard InChI is InChI=1S/C11H12ClN3/c1-15-5-4-14-11(15)9-3-2-8(7-13)6-10(9)12/h2-6H,7,13H2,1H3. The maximum atomic E-state index is 6.16. The van der Waals surface area contributed by atoms with Gasteiger partial charge in [0.1, 0.15) is 5.82 Å². The van der Waals surface area contributed by atoms with E-state index in [4.69, 9.17) is 17.3 Å². The lowest BCUT2D eigenvalue weighted by Gasteiger charge is -2.06. The number of hydrogen-bond donors (Lipinski definition) is 1. The number of hydrogen-bond acceptors (Lipinski definition) is 2. The van der Waals surface area contributed by atoms with Crippen molar-refractivity contribution in [2.45, 2.75) is 6.54 Å². The highest BCUT2D eigenvalue weighted by Gasteiger charge is 2.07. The molecule has 0 unspecified atom stereocenters. The SMILES string of the molecule is Cn1ccnc1-c1ccc(CN)cc1Cl. The minimum Gasteiger partial charge on any atom is -0.334 e. The van der Waals surface area contributed by atoms with Crippen molar-refractivity contribution in [2.75, 3.05) is 0 Å². The summed E-state index contributed by atoms with van der Waals surface area (Å²) in [7, 11) is 1.94. The molecule has 1 aromatic carbocycles. The van der Waals surface area contributed by atoms with Crippen LogP contribution in [0.1, 0.15) is 5.56 Å². The summed E-state index contributed by atoms with van der Waals surface area (Å²) in [5, 5.41) is 0.687. The van der Waals surface area contributed by atoms with Gasteiger partial charge in [-0.3, -0.25) is 0 Å². The molecule has 0 aliphatic carbocycles. The van der Waals surface area contributed by atoms with Gasteiger partial charge in [0.25, 0.3) is 0 Å². The van der Waals surface area contributed by atoms with E-state index in [9.17, 15) is 0 Å². The van der Waals surface area contributed by atoms with Crippen molar-refractivity contribution in [3.63, 3.8) is 0 Å². The monoisotopic (exact) mass is 221 g/mol. The summed E-state index contributed by atoms with van der Waals surface area (Å²) in [4.78, 5) is 4.25. The van der Waals surface area contributed by atoms with Crippen molar-refractivity contribution in [3.05, 3.63) is 41.2 Å². The first-order valence-corrected chi connectivity index (χ1v) is 5.06. The van der Waals surface area contributed by atoms with Gasteiger partial charge in [-0.15, -0.1) is 0 Å². The molecule has 78 valence electrons. The van der Waals surface area contributed by atoms with Gasteiger partial charge in [-0.05, 0) is 17.7 Å². The zero-order valence-electron chi connectivity index (χ0n) is 8.44. The van der Waals surface area contributed by atoms with E-state index >= 15 is 0 Å². The number of imidazole rings is 1. The van der Waals surface area contributed by atoms with Gasteiger partial charge in [-0.25, -0.2) is 4.98 Å². The Morgan fingerprint density at radius 2 is 2.27 bits per heavy atom. The molecule has 2 rings (SSSR count). The van der Waals surface area contributed by atoms with Crippen LogP contribution >= 0.6 is 11.6 Å². The number of benzene rings is 1. The molecule has 15 heavy (non-hydrogen) atoms. The van der Waals surface area contributed by atoms with Gasteiger partial charge in [-0.2, -0.15) is 0 Å². The molecule has 0 spiro atoms. The molecule has 0 bridgehead atoms. The Balaban J connectivity index is 2.50. The molecule has 1 aromatic heterocycles. The first kappa shape index (κ1) is 10.2. The average molecular weight is 222 g/mol. The minimum absolute atomic E-state index is 0.501. The molecule has 0 aliphatic heterocycles. The molecule has 4 heteroatoms. The van der Waals surface area contributed by atoms with Gasteiger partial charge in [0.05, 0.1) is 5.02 Å². The minimum atomic E-state index is 0.501. The number of aromatic nitrogens is 2. The van der Waals surface area contributed by atoms with Crippen LogP contribution in [0.4, 0.5) is 0 Å². The summed E-state index contributed by atoms with van der Waals surface area (Å²) in [6.45, 7) is 0.501. The molecule has 0 atom stereocenters. The van der Waals surface area contributed by atoms with Crippen molar-refractivity contribution in [1.82, 2.24) is 9.55 Å². The molecule has 0 saturated carbocycles. The predicted octanol–water partition coefficient (Wildman–Crippen LogP) is 2.20. The molecule has 1 heterocycles. The lowest BCUT2D eigenvalue weighted by atomic mass is 10.1. The molecule has 2 N–H and O–H groups in total. The summed E-state index contributed by atoms with van der Waals surface area (Å²) in [6, 6.07) is 5.80. The van der Waals surface area contributed by atoms with E-state index in [0.29, 0.717) is 11.6 Å². The third-order valence-corrected chi connectivity index (χ3v) is 2.64. The van der Waals surface area contributed by atoms with Crippen molar-refractivity contribution in [1.29, 1.82) is 0 Å². The van der Waals surface area contributed by atoms with E-state index in [1.165, 1.54) is 0 Å². The lowest BCUT2D eigenvalue weighted by molar-refractivity contribution is 0.924. The van der Waals surface area contributed by atoms with Crippen molar-refractivity contribution < 1.29 is 0 Å². The van der Waals surface area contributed by atoms with Gasteiger partial charge < -0.3 is 10.3 Å². The lowest BCUT2D eigenvalue weighted by Crippen LogP contribution is -1.97. The topological polar surface area (TPSA) is 43.8 Å². The number of halogens is 1. The van der Waals surface area contributed by atoms with Crippen LogP contribution in [0.3, 0.4) is 0 Å². The molecule has 2 aromatic rings. The van der Waals surface area contributed by atoms with Crippen LogP contribution in [-0.2, 0) is 13.6 Å². The summed E-state index contributed by atoms with van der Waals surface area (Å²) in [6.07, 6.45) is 3.64. The quantitative estimate of drug-likeness (QED) is 0.845. The fourth-order valence-corrected chi connectivity index (χ4v) is 1.78. The van der Waals surface area contributed by atoms with Gasteiger partial charge >= 0.3 is 0 Å². The normalized spacial score (nSPS) is 10.6. The van der Waals surface area contributed by atoms with E-state index in [0.717, 1.165) is 17.0 Å². The Hall–Kier alpha value is -1.32. The summed E-state index contributed by atoms with van der Waals surface area (Å²) in [5.41, 5.74) is 7.50. The molecule has 0 radical (unpaired) electrons. The molecular formula is C11H12ClN3. The van der Waals surface area contributed by atoms with Crippen molar-refractivity contribution in [3.8, 4) is 11.4 Å². The van der Waals surface area contributed by atoms with Crippen LogP contribution in [0, 0.1) is 0 Å². The Morgan fingerprint density at radius 1 is 1.47 bits per heavy atom. The smallest absolute Gasteiger partial charge is 0.141 e. The largest absolute Gasteiger partial charge is 0.334 e.